The molecule has 2 rings (SSSR count). The van der Waals surface area contributed by atoms with Crippen LogP contribution in [0.3, 0.4) is 0 Å². The van der Waals surface area contributed by atoms with Gasteiger partial charge in [0.05, 0.1) is 0 Å². The van der Waals surface area contributed by atoms with E-state index >= 15 is 0 Å². The van der Waals surface area contributed by atoms with Gasteiger partial charge in [0, 0.05) is 11.1 Å². The number of rotatable bonds is 3. The van der Waals surface area contributed by atoms with E-state index in [-0.39, 0.29) is 5.41 Å². The summed E-state index contributed by atoms with van der Waals surface area (Å²) in [6.07, 6.45) is 4.90. The predicted octanol–water partition coefficient (Wildman–Crippen LogP) is 3.66. The highest BCUT2D eigenvalue weighted by Gasteiger charge is 2.39. The third-order valence-corrected chi connectivity index (χ3v) is 3.77. The first-order valence-electron chi connectivity index (χ1n) is 5.73. The second-order valence-electron chi connectivity index (χ2n) is 4.51. The van der Waals surface area contributed by atoms with Crippen LogP contribution in [0.5, 0.6) is 0 Å². The van der Waals surface area contributed by atoms with E-state index in [1.807, 2.05) is 12.1 Å². The van der Waals surface area contributed by atoms with E-state index in [1.165, 1.54) is 30.4 Å². The molecule has 0 radical (unpaired) electrons. The van der Waals surface area contributed by atoms with Crippen molar-refractivity contribution in [3.63, 3.8) is 0 Å². The van der Waals surface area contributed by atoms with E-state index < -0.39 is 0 Å². The minimum absolute atomic E-state index is 0.266. The lowest BCUT2D eigenvalue weighted by atomic mass is 9.60. The molecule has 0 heterocycles. The summed E-state index contributed by atoms with van der Waals surface area (Å²) in [5.74, 6) is 0. The molecule has 0 unspecified atom stereocenters. The Kier molecular flexibility index (Phi) is 2.56. The highest BCUT2D eigenvalue weighted by atomic mass is 14.5. The van der Waals surface area contributed by atoms with Gasteiger partial charge in [-0.05, 0) is 37.0 Å². The molecule has 1 saturated carbocycles. The summed E-state index contributed by atoms with van der Waals surface area (Å²) < 4.78 is 0. The van der Waals surface area contributed by atoms with Crippen LogP contribution < -0.4 is 5.73 Å². The SMILES string of the molecule is C=C(CC)C1(c2ccc(N)cc2)CCC1. The van der Waals surface area contributed by atoms with Gasteiger partial charge in [-0.2, -0.15) is 0 Å². The van der Waals surface area contributed by atoms with E-state index in [9.17, 15) is 0 Å². The van der Waals surface area contributed by atoms with Gasteiger partial charge < -0.3 is 5.73 Å². The first kappa shape index (κ1) is 10.3. The summed E-state index contributed by atoms with van der Waals surface area (Å²) >= 11 is 0. The molecule has 1 heteroatoms. The fourth-order valence-corrected chi connectivity index (χ4v) is 2.52. The summed E-state index contributed by atoms with van der Waals surface area (Å²) in [7, 11) is 0. The fraction of sp³-hybridized carbons (Fsp3) is 0.429. The molecule has 1 fully saturated rings. The van der Waals surface area contributed by atoms with Gasteiger partial charge in [0.1, 0.15) is 0 Å². The molecule has 1 aromatic carbocycles. The molecule has 80 valence electrons. The van der Waals surface area contributed by atoms with E-state index in [2.05, 4.69) is 25.6 Å². The number of nitrogens with two attached hydrogens (primary N) is 1. The summed E-state index contributed by atoms with van der Waals surface area (Å²) in [5.41, 5.74) is 9.60. The number of benzene rings is 1. The van der Waals surface area contributed by atoms with Crippen LogP contribution in [-0.4, -0.2) is 0 Å². The van der Waals surface area contributed by atoms with Gasteiger partial charge in [-0.25, -0.2) is 0 Å². The summed E-state index contributed by atoms with van der Waals surface area (Å²) in [6.45, 7) is 6.43. The molecule has 0 amide bonds. The van der Waals surface area contributed by atoms with Gasteiger partial charge >= 0.3 is 0 Å². The number of allylic oxidation sites excluding steroid dienone is 1. The van der Waals surface area contributed by atoms with Crippen LogP contribution in [-0.2, 0) is 5.41 Å². The molecule has 1 aliphatic rings. The Labute approximate surface area is 92.0 Å². The van der Waals surface area contributed by atoms with Crippen molar-refractivity contribution in [2.45, 2.75) is 38.0 Å². The Hall–Kier alpha value is -1.24. The number of nitrogen functional groups attached to an aromatic ring is 1. The molecular formula is C14H19N. The van der Waals surface area contributed by atoms with Crippen molar-refractivity contribution in [1.82, 2.24) is 0 Å². The van der Waals surface area contributed by atoms with Gasteiger partial charge in [-0.1, -0.05) is 37.6 Å². The van der Waals surface area contributed by atoms with Crippen molar-refractivity contribution < 1.29 is 0 Å². The zero-order chi connectivity index (χ0) is 10.9. The predicted molar refractivity (Wildman–Crippen MR) is 65.8 cm³/mol. The Morgan fingerprint density at radius 1 is 1.33 bits per heavy atom. The molecule has 0 atom stereocenters. The van der Waals surface area contributed by atoms with Crippen molar-refractivity contribution >= 4 is 5.69 Å². The molecule has 1 aliphatic carbocycles. The van der Waals surface area contributed by atoms with Crippen molar-refractivity contribution in [3.05, 3.63) is 42.0 Å². The zero-order valence-electron chi connectivity index (χ0n) is 9.42. The smallest absolute Gasteiger partial charge is 0.0314 e. The molecule has 1 nitrogen and oxygen atoms in total. The summed E-state index contributed by atoms with van der Waals surface area (Å²) in [5, 5.41) is 0. The molecule has 0 spiro atoms. The lowest BCUT2D eigenvalue weighted by molar-refractivity contribution is 0.289. The summed E-state index contributed by atoms with van der Waals surface area (Å²) in [4.78, 5) is 0. The standard InChI is InChI=1S/C14H19N/c1-3-11(2)14(9-4-10-14)12-5-7-13(15)8-6-12/h5-8H,2-4,9-10,15H2,1H3. The third kappa shape index (κ3) is 1.56. The molecule has 0 aromatic heterocycles. The van der Waals surface area contributed by atoms with Gasteiger partial charge in [0.2, 0.25) is 0 Å². The Balaban J connectivity index is 2.34. The molecule has 15 heavy (non-hydrogen) atoms. The Bertz CT molecular complexity index is 357. The first-order chi connectivity index (χ1) is 7.19. The van der Waals surface area contributed by atoms with Gasteiger partial charge in [0.15, 0.2) is 0 Å². The highest BCUT2D eigenvalue weighted by molar-refractivity contribution is 5.45. The minimum atomic E-state index is 0.266. The molecular weight excluding hydrogens is 182 g/mol. The van der Waals surface area contributed by atoms with Crippen LogP contribution in [0.4, 0.5) is 5.69 Å². The molecule has 0 aliphatic heterocycles. The molecule has 0 bridgehead atoms. The first-order valence-corrected chi connectivity index (χ1v) is 5.73. The second-order valence-corrected chi connectivity index (χ2v) is 4.51. The molecule has 2 N–H and O–H groups in total. The van der Waals surface area contributed by atoms with E-state index in [0.29, 0.717) is 0 Å². The monoisotopic (exact) mass is 201 g/mol. The zero-order valence-corrected chi connectivity index (χ0v) is 9.42. The van der Waals surface area contributed by atoms with Crippen molar-refractivity contribution in [1.29, 1.82) is 0 Å². The summed E-state index contributed by atoms with van der Waals surface area (Å²) in [6, 6.07) is 8.32. The van der Waals surface area contributed by atoms with Crippen molar-refractivity contribution in [2.24, 2.45) is 0 Å². The quantitative estimate of drug-likeness (QED) is 0.586. The average Bonchev–Trinajstić information content (AvgIpc) is 2.19. The maximum atomic E-state index is 5.72. The molecule has 0 saturated heterocycles. The topological polar surface area (TPSA) is 26.0 Å². The lowest BCUT2D eigenvalue weighted by Gasteiger charge is -2.44. The van der Waals surface area contributed by atoms with E-state index in [1.54, 1.807) is 0 Å². The van der Waals surface area contributed by atoms with Gasteiger partial charge in [0.25, 0.3) is 0 Å². The molecule has 1 aromatic rings. The van der Waals surface area contributed by atoms with E-state index in [0.717, 1.165) is 12.1 Å². The highest BCUT2D eigenvalue weighted by Crippen LogP contribution is 2.49. The van der Waals surface area contributed by atoms with Crippen LogP contribution in [0.15, 0.2) is 36.4 Å². The number of hydrogen-bond donors (Lipinski definition) is 1. The van der Waals surface area contributed by atoms with Gasteiger partial charge in [-0.3, -0.25) is 0 Å². The van der Waals surface area contributed by atoms with Crippen LogP contribution in [0.1, 0.15) is 38.2 Å². The van der Waals surface area contributed by atoms with Crippen LogP contribution in [0, 0.1) is 0 Å². The fourth-order valence-electron chi connectivity index (χ4n) is 2.52. The van der Waals surface area contributed by atoms with Crippen molar-refractivity contribution in [2.75, 3.05) is 5.73 Å². The van der Waals surface area contributed by atoms with Crippen LogP contribution in [0.25, 0.3) is 0 Å². The minimum Gasteiger partial charge on any atom is -0.399 e. The average molecular weight is 201 g/mol. The maximum absolute atomic E-state index is 5.72. The van der Waals surface area contributed by atoms with Crippen LogP contribution >= 0.6 is 0 Å². The van der Waals surface area contributed by atoms with Gasteiger partial charge in [-0.15, -0.1) is 0 Å². The Morgan fingerprint density at radius 2 is 1.93 bits per heavy atom. The largest absolute Gasteiger partial charge is 0.399 e. The lowest BCUT2D eigenvalue weighted by Crippen LogP contribution is -2.35. The van der Waals surface area contributed by atoms with Crippen LogP contribution in [0.2, 0.25) is 0 Å². The third-order valence-electron chi connectivity index (χ3n) is 3.77. The normalized spacial score (nSPS) is 18.2. The second kappa shape index (κ2) is 3.73. The number of hydrogen-bond acceptors (Lipinski definition) is 1. The van der Waals surface area contributed by atoms with E-state index in [4.69, 9.17) is 5.73 Å². The maximum Gasteiger partial charge on any atom is 0.0314 e. The Morgan fingerprint density at radius 3 is 2.33 bits per heavy atom. The van der Waals surface area contributed by atoms with Crippen molar-refractivity contribution in [3.8, 4) is 0 Å². The number of anilines is 1.